The van der Waals surface area contributed by atoms with Crippen LogP contribution in [-0.2, 0) is 11.3 Å². The lowest BCUT2D eigenvalue weighted by Crippen LogP contribution is -2.49. The molecule has 1 fully saturated rings. The molecule has 138 valence electrons. The quantitative estimate of drug-likeness (QED) is 0.743. The summed E-state index contributed by atoms with van der Waals surface area (Å²) in [4.78, 5) is 18.7. The van der Waals surface area contributed by atoms with E-state index in [0.29, 0.717) is 13.1 Å². The third-order valence-electron chi connectivity index (χ3n) is 4.71. The molecule has 1 amide bonds. The number of hydrogen-bond donors (Lipinski definition) is 0. The lowest BCUT2D eigenvalue weighted by atomic mass is 10.2. The normalized spacial score (nSPS) is 15.1. The van der Waals surface area contributed by atoms with Crippen molar-refractivity contribution in [2.24, 2.45) is 0 Å². The molecule has 0 radical (unpaired) electrons. The van der Waals surface area contributed by atoms with Crippen molar-refractivity contribution in [3.63, 3.8) is 0 Å². The molecular weight excluding hydrogens is 397 g/mol. The summed E-state index contributed by atoms with van der Waals surface area (Å²) in [5.74, 6) is -0.0953. The Kier molecular flexibility index (Phi) is 6.27. The molecule has 6 heteroatoms. The van der Waals surface area contributed by atoms with Crippen LogP contribution in [0.2, 0.25) is 0 Å². The summed E-state index contributed by atoms with van der Waals surface area (Å²) in [6, 6.07) is 14.5. The first-order chi connectivity index (χ1) is 12.5. The topological polar surface area (TPSA) is 26.8 Å². The molecule has 3 rings (SSSR count). The van der Waals surface area contributed by atoms with Gasteiger partial charge in [0.15, 0.2) is 0 Å². The van der Waals surface area contributed by atoms with Crippen LogP contribution in [-0.4, -0.2) is 55.5 Å². The fourth-order valence-corrected chi connectivity index (χ4v) is 3.51. The molecule has 0 spiro atoms. The molecule has 2 aromatic carbocycles. The summed E-state index contributed by atoms with van der Waals surface area (Å²) in [6.07, 6.45) is 0. The SMILES string of the molecule is CN(Cc1ccccc1Br)C(=O)CN1CCN(c2ccc(F)cc2)CC1. The minimum atomic E-state index is -0.217. The van der Waals surface area contributed by atoms with Crippen LogP contribution >= 0.6 is 15.9 Å². The highest BCUT2D eigenvalue weighted by molar-refractivity contribution is 9.10. The number of carbonyl (C=O) groups excluding carboxylic acids is 1. The van der Waals surface area contributed by atoms with Crippen molar-refractivity contribution < 1.29 is 9.18 Å². The van der Waals surface area contributed by atoms with Crippen molar-refractivity contribution in [3.05, 3.63) is 64.4 Å². The van der Waals surface area contributed by atoms with Gasteiger partial charge in [-0.25, -0.2) is 4.39 Å². The van der Waals surface area contributed by atoms with Gasteiger partial charge in [-0.3, -0.25) is 9.69 Å². The Hall–Kier alpha value is -1.92. The summed E-state index contributed by atoms with van der Waals surface area (Å²) in [6.45, 7) is 4.35. The Labute approximate surface area is 162 Å². The van der Waals surface area contributed by atoms with Gasteiger partial charge in [0.2, 0.25) is 5.91 Å². The molecule has 0 aromatic heterocycles. The van der Waals surface area contributed by atoms with Crippen molar-refractivity contribution in [3.8, 4) is 0 Å². The number of amides is 1. The first kappa shape index (κ1) is 18.9. The van der Waals surface area contributed by atoms with Crippen LogP contribution in [0.4, 0.5) is 10.1 Å². The molecule has 0 unspecified atom stereocenters. The Balaban J connectivity index is 1.48. The van der Waals surface area contributed by atoms with E-state index in [1.807, 2.05) is 43.4 Å². The van der Waals surface area contributed by atoms with Gasteiger partial charge in [0.25, 0.3) is 0 Å². The maximum atomic E-state index is 13.0. The van der Waals surface area contributed by atoms with Crippen molar-refractivity contribution in [1.82, 2.24) is 9.80 Å². The number of halogens is 2. The number of anilines is 1. The van der Waals surface area contributed by atoms with Gasteiger partial charge in [0.1, 0.15) is 5.82 Å². The Morgan fingerprint density at radius 3 is 2.38 bits per heavy atom. The minimum Gasteiger partial charge on any atom is -0.369 e. The average molecular weight is 420 g/mol. The van der Waals surface area contributed by atoms with Crippen LogP contribution in [0.1, 0.15) is 5.56 Å². The predicted molar refractivity (Wildman–Crippen MR) is 106 cm³/mol. The first-order valence-electron chi connectivity index (χ1n) is 8.73. The highest BCUT2D eigenvalue weighted by Gasteiger charge is 2.21. The second kappa shape index (κ2) is 8.64. The summed E-state index contributed by atoms with van der Waals surface area (Å²) < 4.78 is 14.1. The largest absolute Gasteiger partial charge is 0.369 e. The Bertz CT molecular complexity index is 745. The number of benzene rings is 2. The van der Waals surface area contributed by atoms with E-state index in [1.54, 1.807) is 4.90 Å². The zero-order chi connectivity index (χ0) is 18.5. The van der Waals surface area contributed by atoms with Crippen molar-refractivity contribution in [2.45, 2.75) is 6.54 Å². The molecule has 0 atom stereocenters. The van der Waals surface area contributed by atoms with E-state index in [0.717, 1.165) is 41.9 Å². The van der Waals surface area contributed by atoms with Crippen LogP contribution in [0.15, 0.2) is 53.0 Å². The van der Waals surface area contributed by atoms with E-state index in [1.165, 1.54) is 12.1 Å². The van der Waals surface area contributed by atoms with Crippen LogP contribution in [0.3, 0.4) is 0 Å². The molecule has 1 aliphatic rings. The van der Waals surface area contributed by atoms with E-state index < -0.39 is 0 Å². The van der Waals surface area contributed by atoms with Gasteiger partial charge >= 0.3 is 0 Å². The number of rotatable bonds is 5. The zero-order valence-corrected chi connectivity index (χ0v) is 16.5. The molecule has 0 aliphatic carbocycles. The summed E-state index contributed by atoms with van der Waals surface area (Å²) in [5.41, 5.74) is 2.13. The van der Waals surface area contributed by atoms with E-state index in [2.05, 4.69) is 25.7 Å². The number of piperazine rings is 1. The number of carbonyl (C=O) groups is 1. The average Bonchev–Trinajstić information content (AvgIpc) is 2.65. The van der Waals surface area contributed by atoms with Gasteiger partial charge in [0, 0.05) is 49.9 Å². The summed E-state index contributed by atoms with van der Waals surface area (Å²) in [5, 5.41) is 0. The second-order valence-corrected chi connectivity index (χ2v) is 7.44. The minimum absolute atomic E-state index is 0.121. The van der Waals surface area contributed by atoms with Gasteiger partial charge in [-0.2, -0.15) is 0 Å². The zero-order valence-electron chi connectivity index (χ0n) is 14.9. The number of likely N-dealkylation sites (N-methyl/N-ethyl adjacent to an activating group) is 1. The summed E-state index contributed by atoms with van der Waals surface area (Å²) >= 11 is 3.53. The van der Waals surface area contributed by atoms with Crippen molar-refractivity contribution in [2.75, 3.05) is 44.7 Å². The third-order valence-corrected chi connectivity index (χ3v) is 5.49. The smallest absolute Gasteiger partial charge is 0.236 e. The standard InChI is InChI=1S/C20H23BrFN3O/c1-23(14-16-4-2-3-5-19(16)21)20(26)15-24-10-12-25(13-11-24)18-8-6-17(22)7-9-18/h2-9H,10-15H2,1H3. The van der Waals surface area contributed by atoms with Gasteiger partial charge in [-0.15, -0.1) is 0 Å². The fourth-order valence-electron chi connectivity index (χ4n) is 3.10. The summed E-state index contributed by atoms with van der Waals surface area (Å²) in [7, 11) is 1.84. The van der Waals surface area contributed by atoms with E-state index in [9.17, 15) is 9.18 Å². The molecule has 0 bridgehead atoms. The molecule has 4 nitrogen and oxygen atoms in total. The maximum absolute atomic E-state index is 13.0. The molecule has 1 saturated heterocycles. The molecule has 1 heterocycles. The highest BCUT2D eigenvalue weighted by Crippen LogP contribution is 2.18. The second-order valence-electron chi connectivity index (χ2n) is 6.58. The predicted octanol–water partition coefficient (Wildman–Crippen LogP) is 3.37. The molecule has 1 aliphatic heterocycles. The van der Waals surface area contributed by atoms with Crippen LogP contribution < -0.4 is 4.90 Å². The lowest BCUT2D eigenvalue weighted by molar-refractivity contribution is -0.131. The first-order valence-corrected chi connectivity index (χ1v) is 9.52. The van der Waals surface area contributed by atoms with E-state index >= 15 is 0 Å². The molecule has 0 saturated carbocycles. The maximum Gasteiger partial charge on any atom is 0.236 e. The van der Waals surface area contributed by atoms with Crippen LogP contribution in [0.5, 0.6) is 0 Å². The van der Waals surface area contributed by atoms with Gasteiger partial charge in [-0.1, -0.05) is 34.1 Å². The Morgan fingerprint density at radius 2 is 1.73 bits per heavy atom. The van der Waals surface area contributed by atoms with Gasteiger partial charge in [0.05, 0.1) is 6.54 Å². The third kappa shape index (κ3) is 4.83. The number of hydrogen-bond acceptors (Lipinski definition) is 3. The van der Waals surface area contributed by atoms with Crippen molar-refractivity contribution >= 4 is 27.5 Å². The van der Waals surface area contributed by atoms with Crippen LogP contribution in [0.25, 0.3) is 0 Å². The Morgan fingerprint density at radius 1 is 1.08 bits per heavy atom. The highest BCUT2D eigenvalue weighted by atomic mass is 79.9. The molecule has 2 aromatic rings. The monoisotopic (exact) mass is 419 g/mol. The van der Waals surface area contributed by atoms with Gasteiger partial charge < -0.3 is 9.80 Å². The molecule has 0 N–H and O–H groups in total. The van der Waals surface area contributed by atoms with Crippen LogP contribution in [0, 0.1) is 5.82 Å². The van der Waals surface area contributed by atoms with Gasteiger partial charge in [-0.05, 0) is 35.9 Å². The van der Waals surface area contributed by atoms with Crippen molar-refractivity contribution in [1.29, 1.82) is 0 Å². The number of nitrogens with zero attached hydrogens (tertiary/aromatic N) is 3. The molecule has 26 heavy (non-hydrogen) atoms. The lowest BCUT2D eigenvalue weighted by Gasteiger charge is -2.36. The van der Waals surface area contributed by atoms with E-state index in [-0.39, 0.29) is 11.7 Å². The fraction of sp³-hybridized carbons (Fsp3) is 0.350. The van der Waals surface area contributed by atoms with E-state index in [4.69, 9.17) is 0 Å². The molecular formula is C20H23BrFN3O.